The first-order chi connectivity index (χ1) is 5.70. The van der Waals surface area contributed by atoms with Gasteiger partial charge in [-0.2, -0.15) is 0 Å². The van der Waals surface area contributed by atoms with Gasteiger partial charge >= 0.3 is 0 Å². The molecule has 0 aromatic heterocycles. The molecular formula is C8H7Br2NO. The summed E-state index contributed by atoms with van der Waals surface area (Å²) in [4.78, 5) is 10.3. The SMILES string of the molecule is O=C(Br)NCc1ccccc1Br. The highest BCUT2D eigenvalue weighted by atomic mass is 79.9. The minimum absolute atomic E-state index is 0.196. The molecule has 0 radical (unpaired) electrons. The molecule has 0 unspecified atom stereocenters. The Morgan fingerprint density at radius 3 is 2.67 bits per heavy atom. The predicted octanol–water partition coefficient (Wildman–Crippen LogP) is 3.05. The predicted molar refractivity (Wildman–Crippen MR) is 55.3 cm³/mol. The lowest BCUT2D eigenvalue weighted by Gasteiger charge is -2.02. The van der Waals surface area contributed by atoms with Crippen LogP contribution in [-0.2, 0) is 6.54 Å². The van der Waals surface area contributed by atoms with Gasteiger partial charge in [-0.3, -0.25) is 4.79 Å². The van der Waals surface area contributed by atoms with Crippen LogP contribution < -0.4 is 5.32 Å². The summed E-state index contributed by atoms with van der Waals surface area (Å²) in [5.74, 6) is 0. The van der Waals surface area contributed by atoms with Crippen LogP contribution in [0.25, 0.3) is 0 Å². The Morgan fingerprint density at radius 2 is 2.08 bits per heavy atom. The van der Waals surface area contributed by atoms with Crippen LogP contribution in [0.15, 0.2) is 28.7 Å². The summed E-state index contributed by atoms with van der Waals surface area (Å²) >= 11 is 6.17. The second-order valence-electron chi connectivity index (χ2n) is 2.22. The molecule has 1 N–H and O–H groups in total. The van der Waals surface area contributed by atoms with Crippen LogP contribution in [0.5, 0.6) is 0 Å². The Kier molecular flexibility index (Phi) is 3.75. The number of carbonyl (C=O) groups is 1. The third-order valence-corrected chi connectivity index (χ3v) is 2.43. The Morgan fingerprint density at radius 1 is 1.42 bits per heavy atom. The van der Waals surface area contributed by atoms with Gasteiger partial charge in [-0.15, -0.1) is 0 Å². The van der Waals surface area contributed by atoms with Gasteiger partial charge in [0.1, 0.15) is 0 Å². The zero-order chi connectivity index (χ0) is 8.97. The van der Waals surface area contributed by atoms with Crippen molar-refractivity contribution in [2.75, 3.05) is 0 Å². The van der Waals surface area contributed by atoms with Crippen molar-refractivity contribution in [3.63, 3.8) is 0 Å². The molecule has 0 aliphatic rings. The third kappa shape index (κ3) is 2.95. The lowest BCUT2D eigenvalue weighted by Crippen LogP contribution is -2.15. The first kappa shape index (κ1) is 9.74. The number of amides is 1. The normalized spacial score (nSPS) is 9.50. The first-order valence-corrected chi connectivity index (χ1v) is 4.95. The van der Waals surface area contributed by atoms with Crippen molar-refractivity contribution in [1.29, 1.82) is 0 Å². The molecule has 12 heavy (non-hydrogen) atoms. The summed E-state index contributed by atoms with van der Waals surface area (Å²) in [6, 6.07) is 7.76. The lowest BCUT2D eigenvalue weighted by atomic mass is 10.2. The molecule has 4 heteroatoms. The summed E-state index contributed by atoms with van der Waals surface area (Å²) < 4.78 is 1.01. The fraction of sp³-hybridized carbons (Fsp3) is 0.125. The zero-order valence-electron chi connectivity index (χ0n) is 6.18. The summed E-state index contributed by atoms with van der Waals surface area (Å²) in [7, 11) is 0. The fourth-order valence-electron chi connectivity index (χ4n) is 0.806. The highest BCUT2D eigenvalue weighted by molar-refractivity contribution is 9.18. The number of hydrogen-bond donors (Lipinski definition) is 1. The van der Waals surface area contributed by atoms with Gasteiger partial charge in [0.25, 0.3) is 4.82 Å². The maximum atomic E-state index is 10.5. The molecule has 0 fully saturated rings. The average molecular weight is 293 g/mol. The number of nitrogens with one attached hydrogen (secondary N) is 1. The van der Waals surface area contributed by atoms with E-state index in [9.17, 15) is 4.79 Å². The molecule has 0 bridgehead atoms. The Bertz CT molecular complexity index is 288. The van der Waals surface area contributed by atoms with Gasteiger partial charge in [0.2, 0.25) is 0 Å². The van der Waals surface area contributed by atoms with Crippen molar-refractivity contribution >= 4 is 36.7 Å². The van der Waals surface area contributed by atoms with Crippen molar-refractivity contribution in [2.24, 2.45) is 0 Å². The topological polar surface area (TPSA) is 29.1 Å². The molecule has 0 atom stereocenters. The van der Waals surface area contributed by atoms with Crippen LogP contribution in [0.3, 0.4) is 0 Å². The summed E-state index contributed by atoms with van der Waals surface area (Å²) in [5.41, 5.74) is 1.06. The molecule has 0 aliphatic carbocycles. The standard InChI is InChI=1S/C8H7Br2NO/c9-7-4-2-1-3-6(7)5-11-8(10)12/h1-4H,5H2,(H,11,12). The van der Waals surface area contributed by atoms with Gasteiger partial charge in [0.05, 0.1) is 0 Å². The molecule has 0 saturated carbocycles. The molecule has 1 aromatic rings. The van der Waals surface area contributed by atoms with Gasteiger partial charge < -0.3 is 5.32 Å². The summed E-state index contributed by atoms with van der Waals surface area (Å²) in [5, 5.41) is 2.65. The van der Waals surface area contributed by atoms with Crippen LogP contribution in [0, 0.1) is 0 Å². The van der Waals surface area contributed by atoms with Crippen molar-refractivity contribution in [3.05, 3.63) is 34.3 Å². The highest BCUT2D eigenvalue weighted by Crippen LogP contribution is 2.15. The van der Waals surface area contributed by atoms with Crippen LogP contribution in [0.4, 0.5) is 4.79 Å². The van der Waals surface area contributed by atoms with E-state index in [2.05, 4.69) is 37.2 Å². The number of carbonyl (C=O) groups excluding carboxylic acids is 1. The zero-order valence-corrected chi connectivity index (χ0v) is 9.35. The molecule has 0 heterocycles. The van der Waals surface area contributed by atoms with E-state index in [4.69, 9.17) is 0 Å². The van der Waals surface area contributed by atoms with Crippen molar-refractivity contribution in [1.82, 2.24) is 5.32 Å². The molecular weight excluding hydrogens is 286 g/mol. The van der Waals surface area contributed by atoms with Gasteiger partial charge in [0.15, 0.2) is 0 Å². The Hall–Kier alpha value is -0.350. The van der Waals surface area contributed by atoms with E-state index < -0.39 is 0 Å². The van der Waals surface area contributed by atoms with Gasteiger partial charge in [0, 0.05) is 26.9 Å². The summed E-state index contributed by atoms with van der Waals surface area (Å²) in [6.45, 7) is 0.533. The molecule has 64 valence electrons. The maximum absolute atomic E-state index is 10.5. The van der Waals surface area contributed by atoms with Crippen LogP contribution in [-0.4, -0.2) is 4.82 Å². The van der Waals surface area contributed by atoms with Gasteiger partial charge in [-0.05, 0) is 11.6 Å². The molecule has 0 aliphatic heterocycles. The molecule has 1 aromatic carbocycles. The number of benzene rings is 1. The molecule has 2 nitrogen and oxygen atoms in total. The van der Waals surface area contributed by atoms with E-state index in [1.807, 2.05) is 24.3 Å². The number of rotatable bonds is 2. The van der Waals surface area contributed by atoms with Gasteiger partial charge in [-0.25, -0.2) is 0 Å². The van der Waals surface area contributed by atoms with Crippen LogP contribution in [0.2, 0.25) is 0 Å². The van der Waals surface area contributed by atoms with E-state index >= 15 is 0 Å². The molecule has 0 spiro atoms. The quantitative estimate of drug-likeness (QED) is 0.659. The minimum atomic E-state index is -0.196. The monoisotopic (exact) mass is 291 g/mol. The van der Waals surface area contributed by atoms with Gasteiger partial charge in [-0.1, -0.05) is 34.1 Å². The van der Waals surface area contributed by atoms with Crippen molar-refractivity contribution in [2.45, 2.75) is 6.54 Å². The fourth-order valence-corrected chi connectivity index (χ4v) is 1.37. The molecule has 1 rings (SSSR count). The molecule has 1 amide bonds. The second-order valence-corrected chi connectivity index (χ2v) is 3.79. The largest absolute Gasteiger partial charge is 0.343 e. The second kappa shape index (κ2) is 4.62. The maximum Gasteiger partial charge on any atom is 0.287 e. The number of hydrogen-bond acceptors (Lipinski definition) is 1. The van der Waals surface area contributed by atoms with E-state index in [1.54, 1.807) is 0 Å². The average Bonchev–Trinajstić information content (AvgIpc) is 2.03. The third-order valence-electron chi connectivity index (χ3n) is 1.38. The van der Waals surface area contributed by atoms with E-state index in [0.29, 0.717) is 6.54 Å². The van der Waals surface area contributed by atoms with E-state index in [-0.39, 0.29) is 4.82 Å². The van der Waals surface area contributed by atoms with E-state index in [1.165, 1.54) is 0 Å². The number of halogens is 2. The smallest absolute Gasteiger partial charge is 0.287 e. The van der Waals surface area contributed by atoms with Crippen molar-refractivity contribution in [3.8, 4) is 0 Å². The summed E-state index contributed by atoms with van der Waals surface area (Å²) in [6.07, 6.45) is 0. The van der Waals surface area contributed by atoms with Crippen LogP contribution in [0.1, 0.15) is 5.56 Å². The Balaban J connectivity index is 2.63. The minimum Gasteiger partial charge on any atom is -0.343 e. The highest BCUT2D eigenvalue weighted by Gasteiger charge is 1.98. The van der Waals surface area contributed by atoms with Crippen LogP contribution >= 0.6 is 31.9 Å². The van der Waals surface area contributed by atoms with E-state index in [0.717, 1.165) is 10.0 Å². The Labute approximate surface area is 87.6 Å². The first-order valence-electron chi connectivity index (χ1n) is 3.37. The molecule has 0 saturated heterocycles. The van der Waals surface area contributed by atoms with Crippen molar-refractivity contribution < 1.29 is 4.79 Å². The lowest BCUT2D eigenvalue weighted by molar-refractivity contribution is 0.261.